The minimum absolute atomic E-state index is 0.0735. The lowest BCUT2D eigenvalue weighted by Crippen LogP contribution is -2.35. The molecule has 0 bridgehead atoms. The lowest BCUT2D eigenvalue weighted by atomic mass is 10.1. The molecule has 1 N–H and O–H groups in total. The summed E-state index contributed by atoms with van der Waals surface area (Å²) in [6, 6.07) is 5.68. The number of ether oxygens (including phenoxy) is 2. The van der Waals surface area contributed by atoms with E-state index in [9.17, 15) is 4.79 Å². The first-order chi connectivity index (χ1) is 9.12. The second-order valence-corrected chi connectivity index (χ2v) is 4.27. The van der Waals surface area contributed by atoms with Crippen molar-refractivity contribution in [2.24, 2.45) is 0 Å². The maximum Gasteiger partial charge on any atom is 0.236 e. The summed E-state index contributed by atoms with van der Waals surface area (Å²) in [4.78, 5) is 13.4. The maximum absolute atomic E-state index is 11.6. The van der Waals surface area contributed by atoms with E-state index in [-0.39, 0.29) is 5.91 Å². The number of carbonyl (C=O) groups excluding carboxylic acids is 1. The number of nitrogens with zero attached hydrogens (tertiary/aromatic N) is 1. The monoisotopic (exact) mass is 266 g/mol. The summed E-state index contributed by atoms with van der Waals surface area (Å²) < 4.78 is 10.5. The molecule has 0 atom stereocenters. The summed E-state index contributed by atoms with van der Waals surface area (Å²) >= 11 is 0. The predicted octanol–water partition coefficient (Wildman–Crippen LogP) is 0.924. The average molecular weight is 266 g/mol. The van der Waals surface area contributed by atoms with Crippen molar-refractivity contribution in [1.82, 2.24) is 10.2 Å². The van der Waals surface area contributed by atoms with Gasteiger partial charge < -0.3 is 19.7 Å². The molecular weight excluding hydrogens is 244 g/mol. The fourth-order valence-electron chi connectivity index (χ4n) is 1.78. The summed E-state index contributed by atoms with van der Waals surface area (Å²) in [5, 5.41) is 2.85. The molecule has 106 valence electrons. The number of methoxy groups -OCH3 is 2. The average Bonchev–Trinajstić information content (AvgIpc) is 2.44. The van der Waals surface area contributed by atoms with Gasteiger partial charge in [0.05, 0.1) is 20.8 Å². The first-order valence-electron chi connectivity index (χ1n) is 6.21. The first kappa shape index (κ1) is 15.3. The van der Waals surface area contributed by atoms with E-state index in [2.05, 4.69) is 5.32 Å². The van der Waals surface area contributed by atoms with Crippen LogP contribution >= 0.6 is 0 Å². The summed E-state index contributed by atoms with van der Waals surface area (Å²) in [5.74, 6) is 1.68. The number of nitrogens with one attached hydrogen (secondary N) is 1. The van der Waals surface area contributed by atoms with E-state index in [1.54, 1.807) is 33.2 Å². The Balaban J connectivity index is 2.68. The third kappa shape index (κ3) is 4.44. The molecule has 5 nitrogen and oxygen atoms in total. The smallest absolute Gasteiger partial charge is 0.236 e. The largest absolute Gasteiger partial charge is 0.497 e. The van der Waals surface area contributed by atoms with Gasteiger partial charge in [-0.25, -0.2) is 0 Å². The van der Waals surface area contributed by atoms with Crippen LogP contribution in [-0.2, 0) is 11.2 Å². The van der Waals surface area contributed by atoms with E-state index in [0.29, 0.717) is 13.1 Å². The molecule has 0 unspecified atom stereocenters. The van der Waals surface area contributed by atoms with Gasteiger partial charge in [0, 0.05) is 13.6 Å². The zero-order valence-corrected chi connectivity index (χ0v) is 12.0. The Morgan fingerprint density at radius 3 is 2.63 bits per heavy atom. The Kier molecular flexibility index (Phi) is 6.15. The molecule has 1 amide bonds. The van der Waals surface area contributed by atoms with Crippen molar-refractivity contribution < 1.29 is 14.3 Å². The van der Waals surface area contributed by atoms with Crippen molar-refractivity contribution in [2.45, 2.75) is 6.42 Å². The van der Waals surface area contributed by atoms with Crippen molar-refractivity contribution in [1.29, 1.82) is 0 Å². The number of hydrogen-bond donors (Lipinski definition) is 1. The highest BCUT2D eigenvalue weighted by Gasteiger charge is 2.10. The van der Waals surface area contributed by atoms with Gasteiger partial charge in [-0.2, -0.15) is 0 Å². The van der Waals surface area contributed by atoms with Crippen LogP contribution in [0.2, 0.25) is 0 Å². The van der Waals surface area contributed by atoms with Crippen LogP contribution in [0.4, 0.5) is 0 Å². The number of hydrogen-bond acceptors (Lipinski definition) is 4. The van der Waals surface area contributed by atoms with Gasteiger partial charge in [0.2, 0.25) is 5.91 Å². The maximum atomic E-state index is 11.6. The second-order valence-electron chi connectivity index (χ2n) is 4.27. The minimum atomic E-state index is 0.0735. The van der Waals surface area contributed by atoms with Crippen LogP contribution in [0, 0.1) is 0 Å². The molecule has 0 radical (unpaired) electrons. The molecule has 0 saturated carbocycles. The summed E-state index contributed by atoms with van der Waals surface area (Å²) in [5.41, 5.74) is 1.03. The molecule has 0 fully saturated rings. The van der Waals surface area contributed by atoms with Gasteiger partial charge in [0.25, 0.3) is 0 Å². The van der Waals surface area contributed by atoms with E-state index < -0.39 is 0 Å². The summed E-state index contributed by atoms with van der Waals surface area (Å²) in [6.45, 7) is 0.996. The first-order valence-corrected chi connectivity index (χ1v) is 6.21. The normalized spacial score (nSPS) is 10.1. The predicted molar refractivity (Wildman–Crippen MR) is 74.8 cm³/mol. The zero-order valence-electron chi connectivity index (χ0n) is 12.0. The molecule has 0 aliphatic rings. The van der Waals surface area contributed by atoms with Crippen LogP contribution in [0.5, 0.6) is 11.5 Å². The molecule has 1 aromatic carbocycles. The topological polar surface area (TPSA) is 50.8 Å². The van der Waals surface area contributed by atoms with Gasteiger partial charge in [-0.1, -0.05) is 0 Å². The van der Waals surface area contributed by atoms with Crippen molar-refractivity contribution in [3.63, 3.8) is 0 Å². The van der Waals surface area contributed by atoms with Gasteiger partial charge >= 0.3 is 0 Å². The molecule has 0 heterocycles. The van der Waals surface area contributed by atoms with Crippen molar-refractivity contribution in [2.75, 3.05) is 41.4 Å². The Morgan fingerprint density at radius 1 is 1.32 bits per heavy atom. The number of carbonyl (C=O) groups is 1. The van der Waals surface area contributed by atoms with Gasteiger partial charge in [0.15, 0.2) is 0 Å². The number of benzene rings is 1. The lowest BCUT2D eigenvalue weighted by molar-refractivity contribution is -0.128. The van der Waals surface area contributed by atoms with Crippen LogP contribution in [-0.4, -0.2) is 52.2 Å². The third-order valence-corrected chi connectivity index (χ3v) is 2.96. The van der Waals surface area contributed by atoms with Crippen molar-refractivity contribution in [3.8, 4) is 11.5 Å². The van der Waals surface area contributed by atoms with E-state index >= 15 is 0 Å². The molecule has 5 heteroatoms. The van der Waals surface area contributed by atoms with Crippen LogP contribution in [0.25, 0.3) is 0 Å². The van der Waals surface area contributed by atoms with E-state index in [1.807, 2.05) is 18.2 Å². The number of likely N-dealkylation sites (N-methyl/N-ethyl adjacent to an activating group) is 2. The Bertz CT molecular complexity index is 421. The highest BCUT2D eigenvalue weighted by Crippen LogP contribution is 2.24. The van der Waals surface area contributed by atoms with E-state index in [1.165, 1.54) is 0 Å². The van der Waals surface area contributed by atoms with Gasteiger partial charge in [-0.05, 0) is 37.2 Å². The Labute approximate surface area is 114 Å². The third-order valence-electron chi connectivity index (χ3n) is 2.96. The quantitative estimate of drug-likeness (QED) is 0.797. The standard InChI is InChI=1S/C14H22N2O3/c1-15-10-14(17)16(2)8-7-11-9-12(18-3)5-6-13(11)19-4/h5-6,9,15H,7-8,10H2,1-4H3. The van der Waals surface area contributed by atoms with Crippen molar-refractivity contribution in [3.05, 3.63) is 23.8 Å². The van der Waals surface area contributed by atoms with Crippen molar-refractivity contribution >= 4 is 5.91 Å². The molecule has 1 rings (SSSR count). The van der Waals surface area contributed by atoms with E-state index in [0.717, 1.165) is 23.5 Å². The number of amides is 1. The summed E-state index contributed by atoms with van der Waals surface area (Å²) in [6.07, 6.45) is 0.728. The summed E-state index contributed by atoms with van der Waals surface area (Å²) in [7, 11) is 6.83. The van der Waals surface area contributed by atoms with Crippen LogP contribution < -0.4 is 14.8 Å². The fourth-order valence-corrected chi connectivity index (χ4v) is 1.78. The minimum Gasteiger partial charge on any atom is -0.497 e. The zero-order chi connectivity index (χ0) is 14.3. The second kappa shape index (κ2) is 7.63. The lowest BCUT2D eigenvalue weighted by Gasteiger charge is -2.18. The highest BCUT2D eigenvalue weighted by molar-refractivity contribution is 5.77. The molecule has 0 aromatic heterocycles. The van der Waals surface area contributed by atoms with Gasteiger partial charge in [-0.3, -0.25) is 4.79 Å². The van der Waals surface area contributed by atoms with Crippen LogP contribution in [0.15, 0.2) is 18.2 Å². The molecule has 0 aliphatic heterocycles. The molecule has 0 aliphatic carbocycles. The SMILES string of the molecule is CNCC(=O)N(C)CCc1cc(OC)ccc1OC. The number of rotatable bonds is 7. The van der Waals surface area contributed by atoms with Gasteiger partial charge in [0.1, 0.15) is 11.5 Å². The fraction of sp³-hybridized carbons (Fsp3) is 0.500. The highest BCUT2D eigenvalue weighted by atomic mass is 16.5. The molecule has 1 aromatic rings. The van der Waals surface area contributed by atoms with Crippen LogP contribution in [0.3, 0.4) is 0 Å². The van der Waals surface area contributed by atoms with E-state index in [4.69, 9.17) is 9.47 Å². The molecule has 0 spiro atoms. The Hall–Kier alpha value is -1.75. The van der Waals surface area contributed by atoms with Crippen LogP contribution in [0.1, 0.15) is 5.56 Å². The van der Waals surface area contributed by atoms with Gasteiger partial charge in [-0.15, -0.1) is 0 Å². The molecule has 19 heavy (non-hydrogen) atoms. The Morgan fingerprint density at radius 2 is 2.05 bits per heavy atom. The molecule has 0 saturated heterocycles. The molecular formula is C14H22N2O3.